The summed E-state index contributed by atoms with van der Waals surface area (Å²) in [6.45, 7) is 6.27. The van der Waals surface area contributed by atoms with Gasteiger partial charge in [-0.05, 0) is 26.2 Å². The van der Waals surface area contributed by atoms with E-state index in [1.807, 2.05) is 20.8 Å². The van der Waals surface area contributed by atoms with E-state index in [4.69, 9.17) is 4.74 Å². The van der Waals surface area contributed by atoms with Crippen LogP contribution in [0.5, 0.6) is 0 Å². The minimum absolute atomic E-state index is 0.241. The SMILES string of the molecule is CCOC1(C(=O)O)CCCC1(C)C. The highest BCUT2D eigenvalue weighted by molar-refractivity contribution is 5.79. The smallest absolute Gasteiger partial charge is 0.336 e. The second-order valence-corrected chi connectivity index (χ2v) is 4.30. The van der Waals surface area contributed by atoms with Crippen LogP contribution in [0.1, 0.15) is 40.0 Å². The third-order valence-corrected chi connectivity index (χ3v) is 3.16. The van der Waals surface area contributed by atoms with E-state index < -0.39 is 11.6 Å². The van der Waals surface area contributed by atoms with Gasteiger partial charge in [0, 0.05) is 12.0 Å². The Kier molecular flexibility index (Phi) is 2.66. The summed E-state index contributed by atoms with van der Waals surface area (Å²) in [6.07, 6.45) is 2.52. The topological polar surface area (TPSA) is 46.5 Å². The molecule has 0 aromatic rings. The van der Waals surface area contributed by atoms with E-state index in [9.17, 15) is 9.90 Å². The Labute approximate surface area is 79.1 Å². The zero-order valence-corrected chi connectivity index (χ0v) is 8.59. The van der Waals surface area contributed by atoms with Crippen LogP contribution in [0.4, 0.5) is 0 Å². The predicted octanol–water partition coefficient (Wildman–Crippen LogP) is 2.06. The molecule has 1 saturated carbocycles. The molecule has 1 fully saturated rings. The van der Waals surface area contributed by atoms with Gasteiger partial charge in [-0.25, -0.2) is 4.79 Å². The van der Waals surface area contributed by atoms with Gasteiger partial charge < -0.3 is 9.84 Å². The van der Waals surface area contributed by atoms with Gasteiger partial charge in [0.1, 0.15) is 0 Å². The van der Waals surface area contributed by atoms with Crippen LogP contribution in [0.15, 0.2) is 0 Å². The first-order valence-corrected chi connectivity index (χ1v) is 4.83. The summed E-state index contributed by atoms with van der Waals surface area (Å²) in [5.74, 6) is -0.808. The van der Waals surface area contributed by atoms with Crippen molar-refractivity contribution >= 4 is 5.97 Å². The molecule has 0 saturated heterocycles. The van der Waals surface area contributed by atoms with Gasteiger partial charge >= 0.3 is 5.97 Å². The molecular formula is C10H18O3. The highest BCUT2D eigenvalue weighted by atomic mass is 16.5. The van der Waals surface area contributed by atoms with Crippen molar-refractivity contribution in [3.05, 3.63) is 0 Å². The van der Waals surface area contributed by atoms with Crippen LogP contribution >= 0.6 is 0 Å². The van der Waals surface area contributed by atoms with Crippen molar-refractivity contribution < 1.29 is 14.6 Å². The van der Waals surface area contributed by atoms with Crippen LogP contribution in [0.25, 0.3) is 0 Å². The number of aliphatic carboxylic acids is 1. The van der Waals surface area contributed by atoms with Crippen molar-refractivity contribution in [2.45, 2.75) is 45.6 Å². The molecule has 0 heterocycles. The van der Waals surface area contributed by atoms with Crippen LogP contribution in [-0.2, 0) is 9.53 Å². The highest BCUT2D eigenvalue weighted by Gasteiger charge is 2.55. The van der Waals surface area contributed by atoms with Crippen LogP contribution in [-0.4, -0.2) is 23.3 Å². The second kappa shape index (κ2) is 3.29. The molecule has 1 aliphatic rings. The number of carbonyl (C=O) groups is 1. The fourth-order valence-corrected chi connectivity index (χ4v) is 2.29. The monoisotopic (exact) mass is 186 g/mol. The maximum absolute atomic E-state index is 11.2. The molecular weight excluding hydrogens is 168 g/mol. The molecule has 0 aromatic carbocycles. The molecule has 13 heavy (non-hydrogen) atoms. The van der Waals surface area contributed by atoms with Gasteiger partial charge in [0.15, 0.2) is 5.60 Å². The maximum Gasteiger partial charge on any atom is 0.336 e. The third-order valence-electron chi connectivity index (χ3n) is 3.16. The van der Waals surface area contributed by atoms with Crippen molar-refractivity contribution in [2.24, 2.45) is 5.41 Å². The quantitative estimate of drug-likeness (QED) is 0.733. The normalized spacial score (nSPS) is 31.9. The minimum Gasteiger partial charge on any atom is -0.479 e. The largest absolute Gasteiger partial charge is 0.479 e. The van der Waals surface area contributed by atoms with Crippen molar-refractivity contribution in [1.82, 2.24) is 0 Å². The highest BCUT2D eigenvalue weighted by Crippen LogP contribution is 2.48. The Morgan fingerprint density at radius 1 is 1.46 bits per heavy atom. The van der Waals surface area contributed by atoms with Crippen LogP contribution < -0.4 is 0 Å². The van der Waals surface area contributed by atoms with Gasteiger partial charge in [0.25, 0.3) is 0 Å². The summed E-state index contributed by atoms with van der Waals surface area (Å²) in [5.41, 5.74) is -1.18. The average Bonchev–Trinajstić information content (AvgIpc) is 2.28. The zero-order chi connectivity index (χ0) is 10.1. The first-order chi connectivity index (χ1) is 5.96. The number of ether oxygens (including phenoxy) is 1. The van der Waals surface area contributed by atoms with Crippen LogP contribution in [0.3, 0.4) is 0 Å². The molecule has 0 spiro atoms. The summed E-state index contributed by atoms with van der Waals surface area (Å²) < 4.78 is 5.47. The molecule has 0 aliphatic heterocycles. The molecule has 0 aromatic heterocycles. The minimum atomic E-state index is -0.943. The Morgan fingerprint density at radius 2 is 2.08 bits per heavy atom. The van der Waals surface area contributed by atoms with Gasteiger partial charge in [-0.15, -0.1) is 0 Å². The number of rotatable bonds is 3. The molecule has 76 valence electrons. The first-order valence-electron chi connectivity index (χ1n) is 4.83. The lowest BCUT2D eigenvalue weighted by Crippen LogP contribution is -2.49. The van der Waals surface area contributed by atoms with Gasteiger partial charge in [0.2, 0.25) is 0 Å². The lowest BCUT2D eigenvalue weighted by Gasteiger charge is -2.37. The number of hydrogen-bond acceptors (Lipinski definition) is 2. The van der Waals surface area contributed by atoms with Crippen LogP contribution in [0.2, 0.25) is 0 Å². The lowest BCUT2D eigenvalue weighted by molar-refractivity contribution is -0.179. The second-order valence-electron chi connectivity index (χ2n) is 4.30. The van der Waals surface area contributed by atoms with E-state index in [0.717, 1.165) is 12.8 Å². The third kappa shape index (κ3) is 1.46. The van der Waals surface area contributed by atoms with E-state index in [2.05, 4.69) is 0 Å². The Bertz CT molecular complexity index is 210. The van der Waals surface area contributed by atoms with E-state index in [-0.39, 0.29) is 5.41 Å². The molecule has 1 aliphatic carbocycles. The van der Waals surface area contributed by atoms with Crippen LogP contribution in [0, 0.1) is 5.41 Å². The fraction of sp³-hybridized carbons (Fsp3) is 0.900. The summed E-state index contributed by atoms with van der Waals surface area (Å²) in [6, 6.07) is 0. The van der Waals surface area contributed by atoms with Crippen molar-refractivity contribution in [1.29, 1.82) is 0 Å². The molecule has 1 rings (SSSR count). The van der Waals surface area contributed by atoms with Gasteiger partial charge in [-0.2, -0.15) is 0 Å². The summed E-state index contributed by atoms with van der Waals surface area (Å²) >= 11 is 0. The van der Waals surface area contributed by atoms with Crippen molar-refractivity contribution in [3.8, 4) is 0 Å². The van der Waals surface area contributed by atoms with Crippen molar-refractivity contribution in [3.63, 3.8) is 0 Å². The average molecular weight is 186 g/mol. The Hall–Kier alpha value is -0.570. The first kappa shape index (κ1) is 10.5. The van der Waals surface area contributed by atoms with Gasteiger partial charge in [-0.3, -0.25) is 0 Å². The van der Waals surface area contributed by atoms with Crippen molar-refractivity contribution in [2.75, 3.05) is 6.61 Å². The van der Waals surface area contributed by atoms with Gasteiger partial charge in [-0.1, -0.05) is 13.8 Å². The Morgan fingerprint density at radius 3 is 2.38 bits per heavy atom. The molecule has 3 heteroatoms. The molecule has 3 nitrogen and oxygen atoms in total. The predicted molar refractivity (Wildman–Crippen MR) is 49.6 cm³/mol. The lowest BCUT2D eigenvalue weighted by atomic mass is 9.77. The summed E-state index contributed by atoms with van der Waals surface area (Å²) in [7, 11) is 0. The summed E-state index contributed by atoms with van der Waals surface area (Å²) in [4.78, 5) is 11.2. The molecule has 1 atom stereocenters. The van der Waals surface area contributed by atoms with E-state index in [0.29, 0.717) is 13.0 Å². The fourth-order valence-electron chi connectivity index (χ4n) is 2.29. The van der Waals surface area contributed by atoms with Gasteiger partial charge in [0.05, 0.1) is 0 Å². The standard InChI is InChI=1S/C10H18O3/c1-4-13-10(8(11)12)7-5-6-9(10,2)3/h4-7H2,1-3H3,(H,11,12). The molecule has 1 unspecified atom stereocenters. The number of hydrogen-bond donors (Lipinski definition) is 1. The summed E-state index contributed by atoms with van der Waals surface area (Å²) in [5, 5.41) is 9.21. The van der Waals surface area contributed by atoms with E-state index in [1.54, 1.807) is 0 Å². The maximum atomic E-state index is 11.2. The number of carboxylic acid groups (broad SMARTS) is 1. The molecule has 0 radical (unpaired) electrons. The number of carboxylic acids is 1. The molecule has 1 N–H and O–H groups in total. The van der Waals surface area contributed by atoms with E-state index in [1.165, 1.54) is 0 Å². The Balaban J connectivity index is 2.96. The molecule has 0 amide bonds. The van der Waals surface area contributed by atoms with E-state index >= 15 is 0 Å². The zero-order valence-electron chi connectivity index (χ0n) is 8.59. The molecule has 0 bridgehead atoms.